The van der Waals surface area contributed by atoms with E-state index in [-0.39, 0.29) is 18.7 Å². The van der Waals surface area contributed by atoms with Crippen LogP contribution in [-0.2, 0) is 11.2 Å². The van der Waals surface area contributed by atoms with E-state index in [1.165, 1.54) is 22.7 Å². The van der Waals surface area contributed by atoms with Gasteiger partial charge in [0.1, 0.15) is 5.01 Å². The van der Waals surface area contributed by atoms with E-state index >= 15 is 0 Å². The number of nitrogens with one attached hydrogen (secondary N) is 1. The number of thiazole rings is 2. The normalized spacial score (nSPS) is 10.6. The largest absolute Gasteiger partial charge is 0.369 e. The van der Waals surface area contributed by atoms with Crippen LogP contribution in [0, 0.1) is 6.92 Å². The highest BCUT2D eigenvalue weighted by Crippen LogP contribution is 2.32. The van der Waals surface area contributed by atoms with E-state index in [4.69, 9.17) is 5.73 Å². The zero-order valence-electron chi connectivity index (χ0n) is 13.5. The van der Waals surface area contributed by atoms with Crippen molar-refractivity contribution in [1.82, 2.24) is 9.97 Å². The average Bonchev–Trinajstić information content (AvgIpc) is 3.19. The van der Waals surface area contributed by atoms with Gasteiger partial charge in [0, 0.05) is 10.9 Å². The molecule has 1 amide bonds. The Balaban J connectivity index is 1.67. The molecule has 2 heterocycles. The lowest BCUT2D eigenvalue weighted by molar-refractivity contribution is -0.117. The second-order valence-electron chi connectivity index (χ2n) is 5.35. The van der Waals surface area contributed by atoms with E-state index < -0.39 is 5.91 Å². The number of hydrogen-bond donors (Lipinski definition) is 2. The molecule has 0 radical (unpaired) electrons. The lowest BCUT2D eigenvalue weighted by Crippen LogP contribution is -2.13. The number of ketones is 1. The van der Waals surface area contributed by atoms with Gasteiger partial charge in [0.2, 0.25) is 5.91 Å². The number of primary amides is 1. The molecule has 3 N–H and O–H groups in total. The zero-order valence-corrected chi connectivity index (χ0v) is 15.1. The van der Waals surface area contributed by atoms with Crippen LogP contribution in [0.5, 0.6) is 0 Å². The molecule has 0 unspecified atom stereocenters. The van der Waals surface area contributed by atoms with Gasteiger partial charge in [-0.2, -0.15) is 0 Å². The molecule has 6 nitrogen and oxygen atoms in total. The molecule has 0 fully saturated rings. The van der Waals surface area contributed by atoms with E-state index in [0.717, 1.165) is 16.3 Å². The molecule has 2 aromatic heterocycles. The highest BCUT2D eigenvalue weighted by Gasteiger charge is 2.14. The SMILES string of the molecule is Cc1nc(CC(N)=O)sc1-c1csc(NCC(=O)c2ccccc2)n1. The van der Waals surface area contributed by atoms with Crippen LogP contribution < -0.4 is 11.1 Å². The smallest absolute Gasteiger partial charge is 0.224 e. The Bertz CT molecular complexity index is 903. The number of anilines is 1. The summed E-state index contributed by atoms with van der Waals surface area (Å²) < 4.78 is 0. The monoisotopic (exact) mass is 372 g/mol. The van der Waals surface area contributed by atoms with Crippen LogP contribution >= 0.6 is 22.7 Å². The Kier molecular flexibility index (Phi) is 5.20. The first-order valence-electron chi connectivity index (χ1n) is 7.55. The Morgan fingerprint density at radius 1 is 1.20 bits per heavy atom. The number of amides is 1. The van der Waals surface area contributed by atoms with E-state index in [1.54, 1.807) is 12.1 Å². The van der Waals surface area contributed by atoms with Gasteiger partial charge in [0.25, 0.3) is 0 Å². The van der Waals surface area contributed by atoms with Crippen molar-refractivity contribution in [3.63, 3.8) is 0 Å². The maximum atomic E-state index is 12.1. The standard InChI is InChI=1S/C17H16N4O2S2/c1-10-16(25-15(20-10)7-14(18)23)12-9-24-17(21-12)19-8-13(22)11-5-3-2-4-6-11/h2-6,9H,7-8H2,1H3,(H2,18,23)(H,19,21). The molecule has 1 aromatic carbocycles. The summed E-state index contributed by atoms with van der Waals surface area (Å²) in [5, 5.41) is 6.32. The van der Waals surface area contributed by atoms with Gasteiger partial charge in [-0.15, -0.1) is 22.7 Å². The first kappa shape index (κ1) is 17.2. The molecule has 3 rings (SSSR count). The number of hydrogen-bond acceptors (Lipinski definition) is 7. The number of rotatable bonds is 7. The third-order valence-electron chi connectivity index (χ3n) is 3.40. The third-order valence-corrected chi connectivity index (χ3v) is 5.38. The zero-order chi connectivity index (χ0) is 17.8. The van der Waals surface area contributed by atoms with Crippen molar-refractivity contribution >= 4 is 39.5 Å². The summed E-state index contributed by atoms with van der Waals surface area (Å²) in [6.45, 7) is 2.06. The molecule has 3 aromatic rings. The van der Waals surface area contributed by atoms with E-state index in [2.05, 4.69) is 15.3 Å². The first-order chi connectivity index (χ1) is 12.0. The average molecular weight is 372 g/mol. The van der Waals surface area contributed by atoms with E-state index in [1.807, 2.05) is 30.5 Å². The summed E-state index contributed by atoms with van der Waals surface area (Å²) in [5.41, 5.74) is 7.48. The second-order valence-corrected chi connectivity index (χ2v) is 7.29. The van der Waals surface area contributed by atoms with Gasteiger partial charge in [-0.3, -0.25) is 9.59 Å². The molecule has 0 bridgehead atoms. The van der Waals surface area contributed by atoms with Gasteiger partial charge in [0.15, 0.2) is 10.9 Å². The minimum absolute atomic E-state index is 0.00932. The summed E-state index contributed by atoms with van der Waals surface area (Å²) >= 11 is 2.84. The van der Waals surface area contributed by atoms with Gasteiger partial charge < -0.3 is 11.1 Å². The number of aryl methyl sites for hydroxylation is 1. The van der Waals surface area contributed by atoms with Crippen LogP contribution in [0.25, 0.3) is 10.6 Å². The number of aromatic nitrogens is 2. The van der Waals surface area contributed by atoms with Gasteiger partial charge in [-0.05, 0) is 6.92 Å². The van der Waals surface area contributed by atoms with Gasteiger partial charge in [0.05, 0.1) is 29.2 Å². The van der Waals surface area contributed by atoms with Crippen molar-refractivity contribution in [3.8, 4) is 10.6 Å². The van der Waals surface area contributed by atoms with Crippen LogP contribution in [0.1, 0.15) is 21.1 Å². The maximum Gasteiger partial charge on any atom is 0.224 e. The minimum atomic E-state index is -0.402. The first-order valence-corrected chi connectivity index (χ1v) is 9.25. The molecule has 25 heavy (non-hydrogen) atoms. The predicted octanol–water partition coefficient (Wildman–Crippen LogP) is 2.90. The van der Waals surface area contributed by atoms with Crippen molar-refractivity contribution in [3.05, 3.63) is 52.0 Å². The predicted molar refractivity (Wildman–Crippen MR) is 100 cm³/mol. The lowest BCUT2D eigenvalue weighted by Gasteiger charge is -2.01. The third kappa shape index (κ3) is 4.28. The Hall–Kier alpha value is -2.58. The van der Waals surface area contributed by atoms with Crippen LogP contribution in [-0.4, -0.2) is 28.2 Å². The maximum absolute atomic E-state index is 12.1. The van der Waals surface area contributed by atoms with Crippen molar-refractivity contribution in [2.24, 2.45) is 5.73 Å². The molecule has 0 atom stereocenters. The fourth-order valence-electron chi connectivity index (χ4n) is 2.26. The fraction of sp³-hybridized carbons (Fsp3) is 0.176. The second kappa shape index (κ2) is 7.54. The van der Waals surface area contributed by atoms with Crippen LogP contribution in [0.3, 0.4) is 0 Å². The molecule has 128 valence electrons. The molecular weight excluding hydrogens is 356 g/mol. The summed E-state index contributed by atoms with van der Waals surface area (Å²) in [6, 6.07) is 9.13. The molecule has 0 aliphatic carbocycles. The van der Waals surface area contributed by atoms with Crippen molar-refractivity contribution < 1.29 is 9.59 Å². The highest BCUT2D eigenvalue weighted by molar-refractivity contribution is 7.17. The Labute approximate surface area is 152 Å². The topological polar surface area (TPSA) is 98.0 Å². The van der Waals surface area contributed by atoms with E-state index in [0.29, 0.717) is 15.7 Å². The van der Waals surface area contributed by atoms with Gasteiger partial charge >= 0.3 is 0 Å². The summed E-state index contributed by atoms with van der Waals surface area (Å²) in [7, 11) is 0. The van der Waals surface area contributed by atoms with Crippen molar-refractivity contribution in [1.29, 1.82) is 0 Å². The van der Waals surface area contributed by atoms with Gasteiger partial charge in [-0.25, -0.2) is 9.97 Å². The minimum Gasteiger partial charge on any atom is -0.369 e. The highest BCUT2D eigenvalue weighted by atomic mass is 32.1. The molecule has 0 saturated heterocycles. The van der Waals surface area contributed by atoms with Gasteiger partial charge in [-0.1, -0.05) is 30.3 Å². The summed E-state index contributed by atoms with van der Waals surface area (Å²) in [6.07, 6.45) is 0.131. The Morgan fingerprint density at radius 2 is 1.96 bits per heavy atom. The lowest BCUT2D eigenvalue weighted by atomic mass is 10.1. The molecule has 0 spiro atoms. The van der Waals surface area contributed by atoms with E-state index in [9.17, 15) is 9.59 Å². The van der Waals surface area contributed by atoms with Crippen molar-refractivity contribution in [2.75, 3.05) is 11.9 Å². The van der Waals surface area contributed by atoms with Crippen LogP contribution in [0.15, 0.2) is 35.7 Å². The molecule has 0 aliphatic rings. The number of nitrogens with zero attached hydrogens (tertiary/aromatic N) is 2. The summed E-state index contributed by atoms with van der Waals surface area (Å²) in [4.78, 5) is 32.9. The number of carbonyl (C=O) groups excluding carboxylic acids is 2. The summed E-state index contributed by atoms with van der Waals surface area (Å²) in [5.74, 6) is -0.393. The van der Waals surface area contributed by atoms with Crippen LogP contribution in [0.2, 0.25) is 0 Å². The number of carbonyl (C=O) groups is 2. The number of benzene rings is 1. The number of nitrogens with two attached hydrogens (primary N) is 1. The van der Waals surface area contributed by atoms with Crippen molar-refractivity contribution in [2.45, 2.75) is 13.3 Å². The molecule has 8 heteroatoms. The quantitative estimate of drug-likeness (QED) is 0.622. The molecule has 0 aliphatic heterocycles. The fourth-order valence-corrected chi connectivity index (χ4v) is 4.07. The Morgan fingerprint density at radius 3 is 2.68 bits per heavy atom. The molecule has 0 saturated carbocycles. The number of Topliss-reactive ketones (excluding diaryl/α,β-unsaturated/α-hetero) is 1. The van der Waals surface area contributed by atoms with Crippen LogP contribution in [0.4, 0.5) is 5.13 Å². The molecular formula is C17H16N4O2S2.